The zero-order valence-electron chi connectivity index (χ0n) is 15.3. The van der Waals surface area contributed by atoms with Crippen LogP contribution < -0.4 is 14.8 Å². The zero-order valence-corrected chi connectivity index (χ0v) is 16.0. The highest BCUT2D eigenvalue weighted by Gasteiger charge is 2.13. The normalized spacial score (nSPS) is 11.7. The van der Waals surface area contributed by atoms with E-state index in [0.717, 1.165) is 5.56 Å². The van der Waals surface area contributed by atoms with Gasteiger partial charge in [-0.05, 0) is 56.3 Å². The Morgan fingerprint density at radius 3 is 2.54 bits per heavy atom. The molecule has 0 aliphatic rings. The number of nitrogens with one attached hydrogen (secondary N) is 1. The van der Waals surface area contributed by atoms with Crippen molar-refractivity contribution in [1.82, 2.24) is 5.32 Å². The Labute approximate surface area is 159 Å². The molecule has 6 heteroatoms. The van der Waals surface area contributed by atoms with Gasteiger partial charge in [0.2, 0.25) is 0 Å². The van der Waals surface area contributed by atoms with Gasteiger partial charge in [0.05, 0.1) is 13.2 Å². The lowest BCUT2D eigenvalue weighted by Gasteiger charge is -2.15. The number of rotatable bonds is 9. The van der Waals surface area contributed by atoms with E-state index in [4.69, 9.17) is 25.8 Å². The Kier molecular flexibility index (Phi) is 7.75. The molecule has 0 aliphatic heterocycles. The minimum absolute atomic E-state index is 0.0761. The molecule has 1 atom stereocenters. The van der Waals surface area contributed by atoms with Gasteiger partial charge in [-0.3, -0.25) is 4.79 Å². The first kappa shape index (κ1) is 20.1. The number of carbonyl (C=O) groups is 1. The fraction of sp³-hybridized carbons (Fsp3) is 0.350. The van der Waals surface area contributed by atoms with E-state index < -0.39 is 0 Å². The van der Waals surface area contributed by atoms with E-state index in [2.05, 4.69) is 5.32 Å². The molecule has 0 heterocycles. The van der Waals surface area contributed by atoms with Gasteiger partial charge >= 0.3 is 0 Å². The highest BCUT2D eigenvalue weighted by atomic mass is 35.5. The Bertz CT molecular complexity index is 718. The summed E-state index contributed by atoms with van der Waals surface area (Å²) >= 11 is 5.89. The van der Waals surface area contributed by atoms with Gasteiger partial charge < -0.3 is 19.5 Å². The first-order valence-electron chi connectivity index (χ1n) is 8.47. The fourth-order valence-electron chi connectivity index (χ4n) is 2.42. The van der Waals surface area contributed by atoms with Gasteiger partial charge in [-0.15, -0.1) is 0 Å². The molecule has 0 spiro atoms. The number of hydrogen-bond acceptors (Lipinski definition) is 4. The quantitative estimate of drug-likeness (QED) is 0.715. The summed E-state index contributed by atoms with van der Waals surface area (Å²) in [6.07, 6.45) is 0. The highest BCUT2D eigenvalue weighted by Crippen LogP contribution is 2.23. The van der Waals surface area contributed by atoms with Crippen molar-refractivity contribution in [3.8, 4) is 11.5 Å². The van der Waals surface area contributed by atoms with Crippen LogP contribution in [-0.4, -0.2) is 32.3 Å². The van der Waals surface area contributed by atoms with E-state index in [9.17, 15) is 4.79 Å². The van der Waals surface area contributed by atoms with Gasteiger partial charge in [0.1, 0.15) is 18.1 Å². The van der Waals surface area contributed by atoms with Gasteiger partial charge in [-0.2, -0.15) is 0 Å². The molecular weight excluding hydrogens is 354 g/mol. The van der Waals surface area contributed by atoms with E-state index in [1.807, 2.05) is 13.8 Å². The second-order valence-corrected chi connectivity index (χ2v) is 6.26. The lowest BCUT2D eigenvalue weighted by molar-refractivity contribution is 0.0905. The van der Waals surface area contributed by atoms with Crippen LogP contribution in [0.1, 0.15) is 29.8 Å². The molecule has 0 aromatic heterocycles. The van der Waals surface area contributed by atoms with Crippen molar-refractivity contribution < 1.29 is 19.0 Å². The summed E-state index contributed by atoms with van der Waals surface area (Å²) in [6.45, 7) is 5.07. The first-order valence-corrected chi connectivity index (χ1v) is 8.85. The maximum absolute atomic E-state index is 12.4. The second-order valence-electron chi connectivity index (χ2n) is 5.83. The van der Waals surface area contributed by atoms with E-state index in [-0.39, 0.29) is 18.6 Å². The topological polar surface area (TPSA) is 56.8 Å². The highest BCUT2D eigenvalue weighted by molar-refractivity contribution is 6.30. The number of benzene rings is 2. The van der Waals surface area contributed by atoms with Crippen molar-refractivity contribution in [3.63, 3.8) is 0 Å². The molecule has 0 bridgehead atoms. The second kappa shape index (κ2) is 10.0. The van der Waals surface area contributed by atoms with Crippen LogP contribution in [0, 0.1) is 0 Å². The number of ether oxygens (including phenoxy) is 3. The third-order valence-electron chi connectivity index (χ3n) is 3.62. The summed E-state index contributed by atoms with van der Waals surface area (Å²) < 4.78 is 16.5. The maximum Gasteiger partial charge on any atom is 0.251 e. The van der Waals surface area contributed by atoms with Crippen LogP contribution in [0.5, 0.6) is 11.5 Å². The summed E-state index contributed by atoms with van der Waals surface area (Å²) in [4.78, 5) is 12.4. The minimum atomic E-state index is -0.162. The molecule has 1 amide bonds. The molecule has 0 fully saturated rings. The van der Waals surface area contributed by atoms with Crippen molar-refractivity contribution in [2.24, 2.45) is 0 Å². The maximum atomic E-state index is 12.4. The molecule has 0 aliphatic carbocycles. The Morgan fingerprint density at radius 1 is 1.15 bits per heavy atom. The molecule has 0 radical (unpaired) electrons. The van der Waals surface area contributed by atoms with Crippen molar-refractivity contribution >= 4 is 17.5 Å². The fourth-order valence-corrected chi connectivity index (χ4v) is 2.55. The summed E-state index contributed by atoms with van der Waals surface area (Å²) in [7, 11) is 1.60. The predicted molar refractivity (Wildman–Crippen MR) is 102 cm³/mol. The molecule has 2 rings (SSSR count). The first-order chi connectivity index (χ1) is 12.5. The van der Waals surface area contributed by atoms with Crippen LogP contribution in [0.15, 0.2) is 42.5 Å². The molecule has 0 saturated carbocycles. The summed E-state index contributed by atoms with van der Waals surface area (Å²) in [5.41, 5.74) is 1.35. The molecule has 140 valence electrons. The Morgan fingerprint density at radius 2 is 1.88 bits per heavy atom. The van der Waals surface area contributed by atoms with Gasteiger partial charge in [-0.25, -0.2) is 0 Å². The zero-order chi connectivity index (χ0) is 18.9. The van der Waals surface area contributed by atoms with E-state index in [0.29, 0.717) is 35.3 Å². The largest absolute Gasteiger partial charge is 0.493 e. The van der Waals surface area contributed by atoms with E-state index in [1.165, 1.54) is 0 Å². The average Bonchev–Trinajstić information content (AvgIpc) is 2.62. The molecule has 1 N–H and O–H groups in total. The smallest absolute Gasteiger partial charge is 0.251 e. The van der Waals surface area contributed by atoms with Crippen LogP contribution in [0.3, 0.4) is 0 Å². The lowest BCUT2D eigenvalue weighted by atomic mass is 10.1. The van der Waals surface area contributed by atoms with Gasteiger partial charge in [0.25, 0.3) is 5.91 Å². The van der Waals surface area contributed by atoms with Crippen LogP contribution in [0.2, 0.25) is 5.02 Å². The Balaban J connectivity index is 2.13. The number of carbonyl (C=O) groups excluding carboxylic acids is 1. The number of halogens is 1. The molecule has 2 aromatic carbocycles. The number of hydrogen-bond donors (Lipinski definition) is 1. The minimum Gasteiger partial charge on any atom is -0.493 e. The molecule has 0 unspecified atom stereocenters. The predicted octanol–water partition coefficient (Wildman–Crippen LogP) is 4.08. The standard InChI is InChI=1S/C20H24ClNO4/c1-4-25-19-10-5-15(20(23)22-14(2)12-24-3)11-16(19)13-26-18-8-6-17(21)7-9-18/h5-11,14H,4,12-13H2,1-3H3,(H,22,23)/t14-/m0/s1. The SMILES string of the molecule is CCOc1ccc(C(=O)N[C@@H](C)COC)cc1COc1ccc(Cl)cc1. The number of amides is 1. The lowest BCUT2D eigenvalue weighted by Crippen LogP contribution is -2.35. The average molecular weight is 378 g/mol. The Hall–Kier alpha value is -2.24. The van der Waals surface area contributed by atoms with Crippen molar-refractivity contribution in [2.75, 3.05) is 20.3 Å². The van der Waals surface area contributed by atoms with Gasteiger partial charge in [-0.1, -0.05) is 11.6 Å². The van der Waals surface area contributed by atoms with Gasteiger partial charge in [0.15, 0.2) is 0 Å². The number of methoxy groups -OCH3 is 1. The van der Waals surface area contributed by atoms with E-state index >= 15 is 0 Å². The van der Waals surface area contributed by atoms with E-state index in [1.54, 1.807) is 49.6 Å². The van der Waals surface area contributed by atoms with Crippen molar-refractivity contribution in [2.45, 2.75) is 26.5 Å². The van der Waals surface area contributed by atoms with Crippen LogP contribution in [0.4, 0.5) is 0 Å². The van der Waals surface area contributed by atoms with Crippen LogP contribution >= 0.6 is 11.6 Å². The van der Waals surface area contributed by atoms with Crippen molar-refractivity contribution in [3.05, 3.63) is 58.6 Å². The summed E-state index contributed by atoms with van der Waals surface area (Å²) in [6, 6.07) is 12.4. The molecule has 2 aromatic rings. The molecular formula is C20H24ClNO4. The van der Waals surface area contributed by atoms with Crippen LogP contribution in [0.25, 0.3) is 0 Å². The van der Waals surface area contributed by atoms with Crippen molar-refractivity contribution in [1.29, 1.82) is 0 Å². The summed E-state index contributed by atoms with van der Waals surface area (Å²) in [5.74, 6) is 1.23. The molecule has 5 nitrogen and oxygen atoms in total. The monoisotopic (exact) mass is 377 g/mol. The van der Waals surface area contributed by atoms with Gasteiger partial charge in [0, 0.05) is 29.3 Å². The van der Waals surface area contributed by atoms with Crippen LogP contribution in [-0.2, 0) is 11.3 Å². The summed E-state index contributed by atoms with van der Waals surface area (Å²) in [5, 5.41) is 3.54. The molecule has 26 heavy (non-hydrogen) atoms. The third kappa shape index (κ3) is 5.93. The molecule has 0 saturated heterocycles. The third-order valence-corrected chi connectivity index (χ3v) is 3.88.